The van der Waals surface area contributed by atoms with Gasteiger partial charge in [0.1, 0.15) is 12.0 Å². The summed E-state index contributed by atoms with van der Waals surface area (Å²) in [4.78, 5) is 12.3. The average Bonchev–Trinajstić information content (AvgIpc) is 2.81. The van der Waals surface area contributed by atoms with Crippen molar-refractivity contribution >= 4 is 23.5 Å². The maximum atomic E-state index is 13.5. The van der Waals surface area contributed by atoms with E-state index in [1.807, 2.05) is 6.07 Å². The number of rotatable bonds is 7. The van der Waals surface area contributed by atoms with Gasteiger partial charge in [0, 0.05) is 5.69 Å². The second-order valence-corrected chi connectivity index (χ2v) is 7.19. The molecular weight excluding hydrogens is 490 g/mol. The zero-order chi connectivity index (χ0) is 26.3. The summed E-state index contributed by atoms with van der Waals surface area (Å²) >= 11 is 0. The molecule has 0 heterocycles. The molecule has 0 aliphatic carbocycles. The van der Waals surface area contributed by atoms with Gasteiger partial charge in [-0.1, -0.05) is 30.3 Å². The molecule has 0 fully saturated rings. The second-order valence-electron chi connectivity index (χ2n) is 7.19. The van der Waals surface area contributed by atoms with Crippen LogP contribution in [0.4, 0.5) is 37.7 Å². The van der Waals surface area contributed by atoms with Crippen LogP contribution < -0.4 is 15.1 Å². The number of hydrazone groups is 1. The Hall–Kier alpha value is -4.53. The van der Waals surface area contributed by atoms with Crippen molar-refractivity contribution in [1.29, 1.82) is 5.26 Å². The monoisotopic (exact) mass is 506 g/mol. The molecule has 0 aliphatic heterocycles. The minimum absolute atomic E-state index is 0.169. The topological polar surface area (TPSA) is 77.7 Å². The van der Waals surface area contributed by atoms with Gasteiger partial charge in [-0.05, 0) is 48.0 Å². The molecule has 0 aliphatic rings. The van der Waals surface area contributed by atoms with Crippen LogP contribution in [0.15, 0.2) is 77.9 Å². The first-order valence-corrected chi connectivity index (χ1v) is 10.1. The molecule has 0 atom stereocenters. The van der Waals surface area contributed by atoms with Gasteiger partial charge >= 0.3 is 12.5 Å². The van der Waals surface area contributed by atoms with Crippen LogP contribution in [0.1, 0.15) is 16.7 Å². The van der Waals surface area contributed by atoms with Gasteiger partial charge in [-0.3, -0.25) is 9.80 Å². The molecule has 0 spiro atoms. The minimum Gasteiger partial charge on any atom is -0.405 e. The van der Waals surface area contributed by atoms with E-state index in [9.17, 15) is 31.1 Å². The number of hydrogen-bond acceptors (Lipinski definition) is 5. The van der Waals surface area contributed by atoms with E-state index in [1.54, 1.807) is 30.3 Å². The van der Waals surface area contributed by atoms with Crippen molar-refractivity contribution in [3.05, 3.63) is 89.5 Å². The highest BCUT2D eigenvalue weighted by Crippen LogP contribution is 2.40. The summed E-state index contributed by atoms with van der Waals surface area (Å²) in [5.41, 5.74) is -0.653. The van der Waals surface area contributed by atoms with Crippen LogP contribution in [0.5, 0.6) is 5.75 Å². The molecule has 3 aromatic carbocycles. The lowest BCUT2D eigenvalue weighted by Crippen LogP contribution is -2.22. The van der Waals surface area contributed by atoms with E-state index in [2.05, 4.69) is 15.2 Å². The van der Waals surface area contributed by atoms with Gasteiger partial charge in [-0.25, -0.2) is 0 Å². The number of benzene rings is 3. The number of alkyl halides is 6. The third-order valence-electron chi connectivity index (χ3n) is 4.56. The predicted molar refractivity (Wildman–Crippen MR) is 119 cm³/mol. The van der Waals surface area contributed by atoms with Crippen LogP contribution in [0.25, 0.3) is 0 Å². The largest absolute Gasteiger partial charge is 0.573 e. The number of hydrogen-bond donors (Lipinski definition) is 1. The fraction of sp³-hybridized carbons (Fsp3) is 0.125. The number of nitrogens with one attached hydrogen (secondary N) is 1. The number of nitriles is 1. The van der Waals surface area contributed by atoms with Gasteiger partial charge in [-0.2, -0.15) is 23.5 Å². The SMILES string of the molecule is N#Cc1ccc(CN(N=CC(=O)Nc2ccccc2)c2ccc(OC(F)(F)F)c(C(F)(F)F)c2)cc1. The smallest absolute Gasteiger partial charge is 0.405 e. The van der Waals surface area contributed by atoms with Crippen molar-refractivity contribution in [2.45, 2.75) is 19.1 Å². The van der Waals surface area contributed by atoms with Crippen LogP contribution in [0.3, 0.4) is 0 Å². The summed E-state index contributed by atoms with van der Waals surface area (Å²) in [6, 6.07) is 18.1. The molecule has 3 aromatic rings. The quantitative estimate of drug-likeness (QED) is 0.238. The Kier molecular flexibility index (Phi) is 7.83. The molecule has 0 saturated heterocycles. The normalized spacial score (nSPS) is 11.7. The second kappa shape index (κ2) is 10.8. The molecule has 186 valence electrons. The van der Waals surface area contributed by atoms with Crippen LogP contribution in [-0.2, 0) is 17.5 Å². The van der Waals surface area contributed by atoms with E-state index in [4.69, 9.17) is 5.26 Å². The highest BCUT2D eigenvalue weighted by Gasteiger charge is 2.39. The zero-order valence-electron chi connectivity index (χ0n) is 18.1. The van der Waals surface area contributed by atoms with Crippen molar-refractivity contribution in [2.24, 2.45) is 5.10 Å². The van der Waals surface area contributed by atoms with Crippen LogP contribution in [-0.4, -0.2) is 18.5 Å². The summed E-state index contributed by atoms with van der Waals surface area (Å²) in [5.74, 6) is -2.12. The highest BCUT2D eigenvalue weighted by molar-refractivity contribution is 6.31. The van der Waals surface area contributed by atoms with Crippen molar-refractivity contribution in [2.75, 3.05) is 10.3 Å². The van der Waals surface area contributed by atoms with Gasteiger partial charge < -0.3 is 10.1 Å². The molecule has 0 radical (unpaired) electrons. The first kappa shape index (κ1) is 26.1. The minimum atomic E-state index is -5.34. The number of carbonyl (C=O) groups is 1. The molecule has 3 rings (SSSR count). The third-order valence-corrected chi connectivity index (χ3v) is 4.56. The average molecular weight is 506 g/mol. The van der Waals surface area contributed by atoms with E-state index in [-0.39, 0.29) is 12.2 Å². The predicted octanol–water partition coefficient (Wildman–Crippen LogP) is 6.11. The number of carbonyl (C=O) groups excluding carboxylic acids is 1. The fourth-order valence-electron chi connectivity index (χ4n) is 2.99. The Bertz CT molecular complexity index is 1270. The van der Waals surface area contributed by atoms with Crippen molar-refractivity contribution in [3.8, 4) is 11.8 Å². The molecule has 0 saturated carbocycles. The molecule has 36 heavy (non-hydrogen) atoms. The van der Waals surface area contributed by atoms with Crippen LogP contribution >= 0.6 is 0 Å². The van der Waals surface area contributed by atoms with Crippen molar-refractivity contribution in [1.82, 2.24) is 0 Å². The Morgan fingerprint density at radius 3 is 2.25 bits per heavy atom. The van der Waals surface area contributed by atoms with Gasteiger partial charge in [-0.15, -0.1) is 13.2 Å². The molecule has 12 heteroatoms. The fourth-order valence-corrected chi connectivity index (χ4v) is 2.99. The van der Waals surface area contributed by atoms with E-state index in [1.165, 1.54) is 24.3 Å². The summed E-state index contributed by atoms with van der Waals surface area (Å²) < 4.78 is 82.0. The molecular formula is C24H16F6N4O2. The maximum absolute atomic E-state index is 13.5. The van der Waals surface area contributed by atoms with Gasteiger partial charge in [0.15, 0.2) is 0 Å². The van der Waals surface area contributed by atoms with E-state index in [0.29, 0.717) is 28.9 Å². The summed E-state index contributed by atoms with van der Waals surface area (Å²) in [7, 11) is 0. The molecule has 1 N–H and O–H groups in total. The Labute approximate surface area is 201 Å². The molecule has 1 amide bonds. The number of ether oxygens (including phenoxy) is 1. The highest BCUT2D eigenvalue weighted by atomic mass is 19.4. The van der Waals surface area contributed by atoms with E-state index >= 15 is 0 Å². The Balaban J connectivity index is 1.96. The van der Waals surface area contributed by atoms with Gasteiger partial charge in [0.25, 0.3) is 5.91 Å². The summed E-state index contributed by atoms with van der Waals surface area (Å²) in [6.45, 7) is -0.169. The third kappa shape index (κ3) is 7.49. The van der Waals surface area contributed by atoms with E-state index in [0.717, 1.165) is 17.3 Å². The molecule has 0 aromatic heterocycles. The lowest BCUT2D eigenvalue weighted by molar-refractivity contribution is -0.276. The number of nitrogens with zero attached hydrogens (tertiary/aromatic N) is 3. The molecule has 6 nitrogen and oxygen atoms in total. The maximum Gasteiger partial charge on any atom is 0.573 e. The van der Waals surface area contributed by atoms with Crippen LogP contribution in [0.2, 0.25) is 0 Å². The molecule has 0 unspecified atom stereocenters. The molecule has 0 bridgehead atoms. The zero-order valence-corrected chi connectivity index (χ0v) is 18.1. The first-order chi connectivity index (χ1) is 16.9. The van der Waals surface area contributed by atoms with Gasteiger partial charge in [0.05, 0.1) is 29.4 Å². The van der Waals surface area contributed by atoms with Crippen LogP contribution in [0, 0.1) is 11.3 Å². The summed E-state index contributed by atoms with van der Waals surface area (Å²) in [6.07, 6.45) is -9.69. The number of para-hydroxylation sites is 1. The summed E-state index contributed by atoms with van der Waals surface area (Å²) in [5, 5.41) is 16.4. The number of anilines is 2. The van der Waals surface area contributed by atoms with Crippen molar-refractivity contribution in [3.63, 3.8) is 0 Å². The standard InChI is InChI=1S/C24H16F6N4O2/c25-23(26,27)20-12-19(10-11-21(20)36-24(28,29)30)34(15-17-8-6-16(13-31)7-9-17)32-14-22(35)33-18-4-2-1-3-5-18/h1-12,14H,15H2,(H,33,35). The number of halogens is 6. The van der Waals surface area contributed by atoms with Crippen molar-refractivity contribution < 1.29 is 35.9 Å². The Morgan fingerprint density at radius 2 is 1.67 bits per heavy atom. The lowest BCUT2D eigenvalue weighted by atomic mass is 10.1. The Morgan fingerprint density at radius 1 is 1.00 bits per heavy atom. The van der Waals surface area contributed by atoms with E-state index < -0.39 is 29.8 Å². The lowest BCUT2D eigenvalue weighted by Gasteiger charge is -2.22. The van der Waals surface area contributed by atoms with Gasteiger partial charge in [0.2, 0.25) is 0 Å². The first-order valence-electron chi connectivity index (χ1n) is 10.1. The number of amides is 1.